The zero-order chi connectivity index (χ0) is 14.9. The molecule has 0 aromatic carbocycles. The van der Waals surface area contributed by atoms with Crippen LogP contribution in [0.15, 0.2) is 6.20 Å². The quantitative estimate of drug-likeness (QED) is 0.837. The van der Waals surface area contributed by atoms with Crippen molar-refractivity contribution in [3.05, 3.63) is 17.5 Å². The third kappa shape index (κ3) is 3.39. The maximum atomic E-state index is 12.1. The number of carbonyl (C=O) groups excluding carboxylic acids is 1. The third-order valence-electron chi connectivity index (χ3n) is 3.62. The lowest BCUT2D eigenvalue weighted by Gasteiger charge is -2.22. The topological polar surface area (TPSA) is 56.1 Å². The number of methoxy groups -OCH3 is 1. The molecule has 20 heavy (non-hydrogen) atoms. The minimum absolute atomic E-state index is 0.107. The molecule has 0 bridgehead atoms. The minimum atomic E-state index is -0.427. The maximum Gasteiger partial charge on any atom is 0.327 e. The second-order valence-corrected chi connectivity index (χ2v) is 6.66. The summed E-state index contributed by atoms with van der Waals surface area (Å²) in [7, 11) is 3.31. The van der Waals surface area contributed by atoms with Crippen molar-refractivity contribution in [3.8, 4) is 0 Å². The van der Waals surface area contributed by atoms with E-state index in [1.54, 1.807) is 4.68 Å². The molecule has 1 N–H and O–H groups in total. The van der Waals surface area contributed by atoms with Crippen molar-refractivity contribution < 1.29 is 9.53 Å². The molecule has 1 saturated carbocycles. The number of nitrogens with zero attached hydrogens (tertiary/aromatic N) is 2. The van der Waals surface area contributed by atoms with Crippen LogP contribution in [0.3, 0.4) is 0 Å². The molecule has 5 nitrogen and oxygen atoms in total. The van der Waals surface area contributed by atoms with E-state index in [-0.39, 0.29) is 11.4 Å². The summed E-state index contributed by atoms with van der Waals surface area (Å²) in [6.45, 7) is 7.18. The molecule has 1 atom stereocenters. The second-order valence-electron chi connectivity index (χ2n) is 6.66. The van der Waals surface area contributed by atoms with Crippen molar-refractivity contribution in [2.75, 3.05) is 13.7 Å². The zero-order valence-corrected chi connectivity index (χ0v) is 13.1. The second kappa shape index (κ2) is 5.56. The highest BCUT2D eigenvalue weighted by Gasteiger charge is 2.32. The van der Waals surface area contributed by atoms with Gasteiger partial charge in [-0.1, -0.05) is 20.8 Å². The number of ether oxygens (including phenoxy) is 1. The molecular formula is C15H25N3O2. The molecule has 5 heteroatoms. The molecule has 1 aromatic rings. The van der Waals surface area contributed by atoms with Crippen LogP contribution in [-0.2, 0) is 22.0 Å². The maximum absolute atomic E-state index is 12.1. The number of aromatic nitrogens is 2. The van der Waals surface area contributed by atoms with E-state index >= 15 is 0 Å². The normalized spacial score (nSPS) is 17.1. The van der Waals surface area contributed by atoms with Crippen molar-refractivity contribution in [2.24, 2.45) is 13.0 Å². The van der Waals surface area contributed by atoms with Gasteiger partial charge in [0.2, 0.25) is 0 Å². The summed E-state index contributed by atoms with van der Waals surface area (Å²) < 4.78 is 6.73. The summed E-state index contributed by atoms with van der Waals surface area (Å²) in [5.74, 6) is 0.459. The van der Waals surface area contributed by atoms with Crippen molar-refractivity contribution >= 4 is 5.97 Å². The molecular weight excluding hydrogens is 254 g/mol. The van der Waals surface area contributed by atoms with Gasteiger partial charge in [-0.15, -0.1) is 0 Å². The molecule has 0 aliphatic heterocycles. The van der Waals surface area contributed by atoms with Gasteiger partial charge in [0.1, 0.15) is 6.04 Å². The van der Waals surface area contributed by atoms with Gasteiger partial charge in [-0.25, -0.2) is 4.79 Å². The predicted molar refractivity (Wildman–Crippen MR) is 77.4 cm³/mol. The fourth-order valence-corrected chi connectivity index (χ4v) is 2.35. The first-order valence-electron chi connectivity index (χ1n) is 7.18. The first-order chi connectivity index (χ1) is 9.32. The van der Waals surface area contributed by atoms with Crippen molar-refractivity contribution in [3.63, 3.8) is 0 Å². The van der Waals surface area contributed by atoms with Gasteiger partial charge in [-0.05, 0) is 25.3 Å². The fourth-order valence-electron chi connectivity index (χ4n) is 2.35. The number of nitrogens with one attached hydrogen (secondary N) is 1. The van der Waals surface area contributed by atoms with Crippen LogP contribution in [0.1, 0.15) is 50.9 Å². The van der Waals surface area contributed by atoms with E-state index in [0.29, 0.717) is 5.92 Å². The Morgan fingerprint density at radius 2 is 2.20 bits per heavy atom. The lowest BCUT2D eigenvalue weighted by molar-refractivity contribution is -0.143. The highest BCUT2D eigenvalue weighted by molar-refractivity contribution is 5.78. The molecule has 1 fully saturated rings. The number of esters is 1. The Morgan fingerprint density at radius 1 is 1.55 bits per heavy atom. The minimum Gasteiger partial charge on any atom is -0.468 e. The molecule has 0 saturated heterocycles. The fraction of sp³-hybridized carbons (Fsp3) is 0.733. The molecule has 0 spiro atoms. The van der Waals surface area contributed by atoms with Crippen molar-refractivity contribution in [1.82, 2.24) is 15.1 Å². The number of aryl methyl sites for hydroxylation is 1. The van der Waals surface area contributed by atoms with Crippen LogP contribution in [-0.4, -0.2) is 29.4 Å². The van der Waals surface area contributed by atoms with Crippen LogP contribution in [0.25, 0.3) is 0 Å². The smallest absolute Gasteiger partial charge is 0.327 e. The molecule has 1 unspecified atom stereocenters. The molecule has 112 valence electrons. The van der Waals surface area contributed by atoms with Gasteiger partial charge in [0, 0.05) is 24.2 Å². The Kier molecular flexibility index (Phi) is 4.18. The van der Waals surface area contributed by atoms with Gasteiger partial charge in [0.25, 0.3) is 0 Å². The highest BCUT2D eigenvalue weighted by Crippen LogP contribution is 2.31. The third-order valence-corrected chi connectivity index (χ3v) is 3.62. The number of rotatable bonds is 5. The molecule has 1 aliphatic rings. The van der Waals surface area contributed by atoms with E-state index in [1.807, 2.05) is 13.2 Å². The Labute approximate surface area is 120 Å². The van der Waals surface area contributed by atoms with Gasteiger partial charge in [-0.2, -0.15) is 5.10 Å². The van der Waals surface area contributed by atoms with E-state index in [9.17, 15) is 4.79 Å². The van der Waals surface area contributed by atoms with Crippen LogP contribution in [0.2, 0.25) is 0 Å². The van der Waals surface area contributed by atoms with E-state index in [1.165, 1.54) is 20.0 Å². The van der Waals surface area contributed by atoms with Crippen molar-refractivity contribution in [2.45, 2.75) is 45.1 Å². The average Bonchev–Trinajstić information content (AvgIpc) is 3.10. The molecule has 1 aliphatic carbocycles. The van der Waals surface area contributed by atoms with Gasteiger partial charge < -0.3 is 10.1 Å². The molecule has 0 amide bonds. The van der Waals surface area contributed by atoms with E-state index in [0.717, 1.165) is 17.8 Å². The van der Waals surface area contributed by atoms with Gasteiger partial charge in [-0.3, -0.25) is 4.68 Å². The number of hydrogen-bond acceptors (Lipinski definition) is 4. The van der Waals surface area contributed by atoms with Gasteiger partial charge in [0.15, 0.2) is 0 Å². The first kappa shape index (κ1) is 15.0. The molecule has 1 heterocycles. The van der Waals surface area contributed by atoms with Gasteiger partial charge >= 0.3 is 5.97 Å². The lowest BCUT2D eigenvalue weighted by Crippen LogP contribution is -2.32. The van der Waals surface area contributed by atoms with Crippen LogP contribution >= 0.6 is 0 Å². The Bertz CT molecular complexity index is 484. The van der Waals surface area contributed by atoms with E-state index in [2.05, 4.69) is 31.2 Å². The highest BCUT2D eigenvalue weighted by atomic mass is 16.5. The Balaban J connectivity index is 2.28. The lowest BCUT2D eigenvalue weighted by atomic mass is 9.87. The summed E-state index contributed by atoms with van der Waals surface area (Å²) >= 11 is 0. The zero-order valence-electron chi connectivity index (χ0n) is 13.1. The standard InChI is InChI=1S/C15H25N3O2/c1-15(2,3)13-11(9-18(4)17-13)12(14(19)20-5)16-8-10-6-7-10/h9-10,12,16H,6-8H2,1-5H3. The predicted octanol–water partition coefficient (Wildman–Crippen LogP) is 1.93. The molecule has 1 aromatic heterocycles. The average molecular weight is 279 g/mol. The van der Waals surface area contributed by atoms with Crippen LogP contribution in [0, 0.1) is 5.92 Å². The summed E-state index contributed by atoms with van der Waals surface area (Å²) in [6, 6.07) is -0.427. The van der Waals surface area contributed by atoms with E-state index < -0.39 is 6.04 Å². The Morgan fingerprint density at radius 3 is 2.70 bits per heavy atom. The molecule has 2 rings (SSSR count). The summed E-state index contributed by atoms with van der Waals surface area (Å²) in [4.78, 5) is 12.1. The Hall–Kier alpha value is -1.36. The van der Waals surface area contributed by atoms with E-state index in [4.69, 9.17) is 4.74 Å². The summed E-state index contributed by atoms with van der Waals surface area (Å²) in [6.07, 6.45) is 4.42. The number of carbonyl (C=O) groups is 1. The van der Waals surface area contributed by atoms with Crippen LogP contribution in [0.5, 0.6) is 0 Å². The summed E-state index contributed by atoms with van der Waals surface area (Å²) in [5.41, 5.74) is 1.76. The summed E-state index contributed by atoms with van der Waals surface area (Å²) in [5, 5.41) is 7.88. The SMILES string of the molecule is COC(=O)C(NCC1CC1)c1cn(C)nc1C(C)(C)C. The first-order valence-corrected chi connectivity index (χ1v) is 7.18. The van der Waals surface area contributed by atoms with Gasteiger partial charge in [0.05, 0.1) is 12.8 Å². The van der Waals surface area contributed by atoms with Crippen LogP contribution in [0.4, 0.5) is 0 Å². The number of hydrogen-bond donors (Lipinski definition) is 1. The van der Waals surface area contributed by atoms with Crippen molar-refractivity contribution in [1.29, 1.82) is 0 Å². The monoisotopic (exact) mass is 279 g/mol. The largest absolute Gasteiger partial charge is 0.468 e. The van der Waals surface area contributed by atoms with Crippen LogP contribution < -0.4 is 5.32 Å². The molecule has 0 radical (unpaired) electrons.